The van der Waals surface area contributed by atoms with Crippen LogP contribution >= 0.6 is 11.6 Å². The van der Waals surface area contributed by atoms with E-state index >= 15 is 0 Å². The number of amides is 2. The summed E-state index contributed by atoms with van der Waals surface area (Å²) in [6.45, 7) is -0.150. The first kappa shape index (κ1) is 19.0. The Morgan fingerprint density at radius 1 is 1.40 bits per heavy atom. The van der Waals surface area contributed by atoms with Crippen LogP contribution in [0.15, 0.2) is 18.2 Å². The second-order valence-electron chi connectivity index (χ2n) is 5.63. The molecule has 25 heavy (non-hydrogen) atoms. The topological polar surface area (TPSA) is 99.3 Å². The quantitative estimate of drug-likeness (QED) is 0.544. The van der Waals surface area contributed by atoms with Gasteiger partial charge < -0.3 is 10.6 Å². The van der Waals surface area contributed by atoms with Crippen LogP contribution in [-0.2, 0) is 4.79 Å². The molecule has 6 nitrogen and oxygen atoms in total. The van der Waals surface area contributed by atoms with Gasteiger partial charge in [-0.25, -0.2) is 0 Å². The van der Waals surface area contributed by atoms with Gasteiger partial charge in [-0.15, -0.1) is 0 Å². The van der Waals surface area contributed by atoms with Gasteiger partial charge in [-0.3, -0.25) is 20.3 Å². The first-order valence-corrected chi connectivity index (χ1v) is 7.77. The van der Waals surface area contributed by atoms with E-state index in [4.69, 9.17) is 22.7 Å². The Morgan fingerprint density at radius 3 is 2.68 bits per heavy atom. The van der Waals surface area contributed by atoms with Gasteiger partial charge in [0.1, 0.15) is 0 Å². The summed E-state index contributed by atoms with van der Waals surface area (Å²) in [5.41, 5.74) is 5.88. The molecular formula is C15H16ClF3N4O2. The molecule has 1 aromatic rings. The largest absolute Gasteiger partial charge is 0.389 e. The number of rotatable bonds is 5. The molecule has 10 heteroatoms. The molecule has 0 aromatic heterocycles. The molecule has 0 radical (unpaired) electrons. The number of alkyl halides is 3. The monoisotopic (exact) mass is 376 g/mol. The zero-order chi connectivity index (χ0) is 18.8. The van der Waals surface area contributed by atoms with Crippen molar-refractivity contribution in [3.8, 4) is 0 Å². The van der Waals surface area contributed by atoms with Gasteiger partial charge in [-0.1, -0.05) is 11.6 Å². The highest BCUT2D eigenvalue weighted by Gasteiger charge is 2.38. The maximum Gasteiger partial charge on any atom is 0.389 e. The molecule has 136 valence electrons. The number of nitrogens with one attached hydrogen (secondary N) is 2. The molecule has 4 N–H and O–H groups in total. The molecule has 2 amide bonds. The second-order valence-corrected chi connectivity index (χ2v) is 6.07. The molecule has 1 aromatic carbocycles. The third-order valence-corrected chi connectivity index (χ3v) is 3.99. The van der Waals surface area contributed by atoms with Crippen LogP contribution in [0.2, 0.25) is 5.02 Å². The number of halogens is 4. The molecular weight excluding hydrogens is 361 g/mol. The molecule has 0 saturated heterocycles. The first-order valence-electron chi connectivity index (χ1n) is 7.39. The fraction of sp³-hybridized carbons (Fsp3) is 0.400. The minimum Gasteiger partial charge on any atom is -0.370 e. The molecule has 0 unspecified atom stereocenters. The van der Waals surface area contributed by atoms with Crippen LogP contribution in [0.25, 0.3) is 0 Å². The smallest absolute Gasteiger partial charge is 0.370 e. The number of carbonyl (C=O) groups is 2. The van der Waals surface area contributed by atoms with Crippen LogP contribution in [0.5, 0.6) is 0 Å². The van der Waals surface area contributed by atoms with Crippen molar-refractivity contribution >= 4 is 29.4 Å². The number of nitrogens with two attached hydrogens (primary N) is 1. The van der Waals surface area contributed by atoms with Gasteiger partial charge in [-0.2, -0.15) is 13.2 Å². The maximum atomic E-state index is 12.5. The Bertz CT molecular complexity index is 709. The normalized spacial score (nSPS) is 16.7. The number of benzene rings is 1. The third kappa shape index (κ3) is 4.85. The zero-order valence-corrected chi connectivity index (χ0v) is 13.7. The molecule has 0 saturated carbocycles. The van der Waals surface area contributed by atoms with Crippen LogP contribution in [0.4, 0.5) is 13.2 Å². The van der Waals surface area contributed by atoms with Crippen molar-refractivity contribution in [3.63, 3.8) is 0 Å². The van der Waals surface area contributed by atoms with Gasteiger partial charge in [0.25, 0.3) is 5.91 Å². The lowest BCUT2D eigenvalue weighted by molar-refractivity contribution is -0.136. The molecule has 2 rings (SSSR count). The van der Waals surface area contributed by atoms with Crippen LogP contribution in [0.3, 0.4) is 0 Å². The zero-order valence-electron chi connectivity index (χ0n) is 13.0. The summed E-state index contributed by atoms with van der Waals surface area (Å²) >= 11 is 5.94. The van der Waals surface area contributed by atoms with Crippen molar-refractivity contribution in [2.45, 2.75) is 31.5 Å². The van der Waals surface area contributed by atoms with E-state index in [0.717, 1.165) is 0 Å². The Morgan fingerprint density at radius 2 is 2.08 bits per heavy atom. The van der Waals surface area contributed by atoms with E-state index in [1.165, 1.54) is 23.1 Å². The van der Waals surface area contributed by atoms with E-state index in [9.17, 15) is 22.8 Å². The van der Waals surface area contributed by atoms with Crippen molar-refractivity contribution in [1.82, 2.24) is 10.2 Å². The van der Waals surface area contributed by atoms with E-state index < -0.39 is 36.4 Å². The molecule has 0 aliphatic carbocycles. The highest BCUT2D eigenvalue weighted by atomic mass is 35.5. The van der Waals surface area contributed by atoms with Gasteiger partial charge in [-0.05, 0) is 30.2 Å². The summed E-state index contributed by atoms with van der Waals surface area (Å²) in [4.78, 5) is 25.6. The number of carbonyl (C=O) groups excluding carboxylic acids is 2. The summed E-state index contributed by atoms with van der Waals surface area (Å²) in [6.07, 6.45) is -5.85. The lowest BCUT2D eigenvalue weighted by atomic mass is 10.0. The molecule has 1 aliphatic heterocycles. The van der Waals surface area contributed by atoms with Gasteiger partial charge >= 0.3 is 6.18 Å². The summed E-state index contributed by atoms with van der Waals surface area (Å²) in [5, 5.41) is 9.52. The molecule has 1 atom stereocenters. The average molecular weight is 377 g/mol. The predicted octanol–water partition coefficient (Wildman–Crippen LogP) is 2.58. The first-order chi connectivity index (χ1) is 11.6. The minimum atomic E-state index is -4.32. The van der Waals surface area contributed by atoms with Crippen LogP contribution in [0.1, 0.15) is 41.2 Å². The molecule has 0 bridgehead atoms. The van der Waals surface area contributed by atoms with Crippen molar-refractivity contribution in [1.29, 1.82) is 5.41 Å². The van der Waals surface area contributed by atoms with Crippen molar-refractivity contribution in [2.24, 2.45) is 5.73 Å². The van der Waals surface area contributed by atoms with Crippen LogP contribution < -0.4 is 11.1 Å². The van der Waals surface area contributed by atoms with E-state index in [1.807, 2.05) is 0 Å². The van der Waals surface area contributed by atoms with E-state index in [1.54, 1.807) is 0 Å². The van der Waals surface area contributed by atoms with Gasteiger partial charge in [0, 0.05) is 23.6 Å². The third-order valence-electron chi connectivity index (χ3n) is 3.75. The Kier molecular flexibility index (Phi) is 5.56. The van der Waals surface area contributed by atoms with Gasteiger partial charge in [0.05, 0.1) is 12.5 Å². The summed E-state index contributed by atoms with van der Waals surface area (Å²) in [7, 11) is 0. The summed E-state index contributed by atoms with van der Waals surface area (Å²) < 4.78 is 37.1. The minimum absolute atomic E-state index is 0.150. The highest BCUT2D eigenvalue weighted by Crippen LogP contribution is 2.38. The Labute approximate surface area is 146 Å². The van der Waals surface area contributed by atoms with Gasteiger partial charge in [0.2, 0.25) is 5.91 Å². The average Bonchev–Trinajstić information content (AvgIpc) is 2.70. The van der Waals surface area contributed by atoms with Crippen LogP contribution in [-0.4, -0.2) is 35.4 Å². The lowest BCUT2D eigenvalue weighted by Crippen LogP contribution is -2.38. The van der Waals surface area contributed by atoms with E-state index in [-0.39, 0.29) is 19.4 Å². The van der Waals surface area contributed by atoms with Gasteiger partial charge in [0.15, 0.2) is 5.96 Å². The fourth-order valence-corrected chi connectivity index (χ4v) is 2.95. The second kappa shape index (κ2) is 7.30. The van der Waals surface area contributed by atoms with Crippen molar-refractivity contribution < 1.29 is 22.8 Å². The van der Waals surface area contributed by atoms with Crippen LogP contribution in [0, 0.1) is 5.41 Å². The fourth-order valence-electron chi connectivity index (χ4n) is 2.77. The van der Waals surface area contributed by atoms with E-state index in [2.05, 4.69) is 5.32 Å². The molecule has 0 fully saturated rings. The molecule has 0 spiro atoms. The summed E-state index contributed by atoms with van der Waals surface area (Å²) in [6, 6.07) is 3.75. The maximum absolute atomic E-state index is 12.5. The van der Waals surface area contributed by atoms with Crippen molar-refractivity contribution in [2.75, 3.05) is 6.54 Å². The standard InChI is InChI=1S/C15H16ClF3N4O2/c16-8-2-3-9-10(6-8)11(7-12(24)22-14(20)21)23(13(9)25)5-1-4-15(17,18)19/h2-3,6,11H,1,4-5,7H2,(H4,20,21,22,24)/t11-/m1/s1. The summed E-state index contributed by atoms with van der Waals surface area (Å²) in [5.74, 6) is -1.61. The number of hydrogen-bond donors (Lipinski definition) is 3. The number of guanidine groups is 1. The number of nitrogens with zero attached hydrogens (tertiary/aromatic N) is 1. The Balaban J connectivity index is 2.22. The molecule has 1 aliphatic rings. The SMILES string of the molecule is N=C(N)NC(=O)C[C@@H]1c2cc(Cl)ccc2C(=O)N1CCCC(F)(F)F. The Hall–Kier alpha value is -2.29. The lowest BCUT2D eigenvalue weighted by Gasteiger charge is -2.25. The van der Waals surface area contributed by atoms with E-state index in [0.29, 0.717) is 16.1 Å². The highest BCUT2D eigenvalue weighted by molar-refractivity contribution is 6.30. The molecule has 1 heterocycles. The number of hydrogen-bond acceptors (Lipinski definition) is 3. The number of fused-ring (bicyclic) bond motifs is 1. The predicted molar refractivity (Wildman–Crippen MR) is 85.2 cm³/mol. The van der Waals surface area contributed by atoms with Crippen molar-refractivity contribution in [3.05, 3.63) is 34.3 Å².